The van der Waals surface area contributed by atoms with Gasteiger partial charge in [-0.2, -0.15) is 0 Å². The summed E-state index contributed by atoms with van der Waals surface area (Å²) in [5.74, 6) is 1.00. The van der Waals surface area contributed by atoms with Crippen molar-refractivity contribution in [3.63, 3.8) is 0 Å². The minimum absolute atomic E-state index is 0.292. The Kier molecular flexibility index (Phi) is 4.57. The number of hydrogen-bond donors (Lipinski definition) is 0. The van der Waals surface area contributed by atoms with Crippen LogP contribution in [0.1, 0.15) is 48.2 Å². The number of rotatable bonds is 4. The number of thiophene rings is 1. The molecule has 0 bridgehead atoms. The molecule has 2 heterocycles. The van der Waals surface area contributed by atoms with Crippen LogP contribution in [-0.2, 0) is 6.42 Å². The predicted molar refractivity (Wildman–Crippen MR) is 77.5 cm³/mol. The monoisotopic (exact) mass is 265 g/mol. The van der Waals surface area contributed by atoms with Crippen LogP contribution in [0.3, 0.4) is 0 Å². The van der Waals surface area contributed by atoms with Gasteiger partial charge in [0.25, 0.3) is 0 Å². The molecule has 3 heteroatoms. The van der Waals surface area contributed by atoms with Gasteiger partial charge < -0.3 is 0 Å². The van der Waals surface area contributed by atoms with E-state index in [0.29, 0.717) is 24.3 Å². The number of carbonyl (C=O) groups excluding carboxylic acids is 1. The van der Waals surface area contributed by atoms with E-state index in [-0.39, 0.29) is 0 Å². The van der Waals surface area contributed by atoms with Crippen molar-refractivity contribution in [2.45, 2.75) is 46.1 Å². The van der Waals surface area contributed by atoms with Crippen molar-refractivity contribution < 1.29 is 4.79 Å². The summed E-state index contributed by atoms with van der Waals surface area (Å²) in [7, 11) is 0. The van der Waals surface area contributed by atoms with Crippen LogP contribution in [0.25, 0.3) is 0 Å². The van der Waals surface area contributed by atoms with Gasteiger partial charge in [0, 0.05) is 10.9 Å². The van der Waals surface area contributed by atoms with Gasteiger partial charge in [-0.3, -0.25) is 9.69 Å². The maximum absolute atomic E-state index is 12.3. The Hall–Kier alpha value is -0.670. The Morgan fingerprint density at radius 3 is 2.89 bits per heavy atom. The molecule has 0 amide bonds. The van der Waals surface area contributed by atoms with Crippen molar-refractivity contribution in [2.24, 2.45) is 5.92 Å². The Bertz CT molecular complexity index is 412. The first kappa shape index (κ1) is 13.8. The molecule has 1 saturated heterocycles. The minimum Gasteiger partial charge on any atom is -0.293 e. The Morgan fingerprint density at radius 1 is 1.44 bits per heavy atom. The first-order valence-electron chi connectivity index (χ1n) is 6.97. The quantitative estimate of drug-likeness (QED) is 0.775. The highest BCUT2D eigenvalue weighted by Gasteiger charge is 2.26. The van der Waals surface area contributed by atoms with Crippen LogP contribution in [0, 0.1) is 5.92 Å². The van der Waals surface area contributed by atoms with Crippen LogP contribution in [0.2, 0.25) is 0 Å². The highest BCUT2D eigenvalue weighted by atomic mass is 32.1. The van der Waals surface area contributed by atoms with E-state index in [1.54, 1.807) is 11.3 Å². The van der Waals surface area contributed by atoms with Gasteiger partial charge in [-0.1, -0.05) is 13.8 Å². The van der Waals surface area contributed by atoms with E-state index in [1.165, 1.54) is 17.7 Å². The summed E-state index contributed by atoms with van der Waals surface area (Å²) in [6, 6.07) is 4.61. The summed E-state index contributed by atoms with van der Waals surface area (Å²) in [6.07, 6.45) is 3.55. The van der Waals surface area contributed by atoms with Crippen molar-refractivity contribution in [3.05, 3.63) is 21.9 Å². The number of hydrogen-bond acceptors (Lipinski definition) is 3. The maximum Gasteiger partial charge on any atom is 0.186 e. The molecule has 0 spiro atoms. The summed E-state index contributed by atoms with van der Waals surface area (Å²) in [5.41, 5.74) is 0. The van der Waals surface area contributed by atoms with Gasteiger partial charge in [0.1, 0.15) is 0 Å². The second kappa shape index (κ2) is 5.98. The van der Waals surface area contributed by atoms with Crippen molar-refractivity contribution in [3.8, 4) is 0 Å². The van der Waals surface area contributed by atoms with Gasteiger partial charge in [-0.05, 0) is 50.8 Å². The number of carbonyl (C=O) groups is 1. The molecule has 2 nitrogen and oxygen atoms in total. The molecular weight excluding hydrogens is 242 g/mol. The van der Waals surface area contributed by atoms with E-state index in [1.807, 2.05) is 6.07 Å². The molecule has 2 atom stereocenters. The van der Waals surface area contributed by atoms with E-state index in [4.69, 9.17) is 0 Å². The fourth-order valence-corrected chi connectivity index (χ4v) is 3.50. The molecule has 2 rings (SSSR count). The van der Waals surface area contributed by atoms with Crippen LogP contribution in [0.15, 0.2) is 12.1 Å². The number of ketones is 1. The summed E-state index contributed by atoms with van der Waals surface area (Å²) in [4.78, 5) is 16.8. The summed E-state index contributed by atoms with van der Waals surface area (Å²) < 4.78 is 0. The first-order valence-corrected chi connectivity index (χ1v) is 7.79. The average molecular weight is 265 g/mol. The largest absolute Gasteiger partial charge is 0.293 e. The Balaban J connectivity index is 1.98. The number of likely N-dealkylation sites (tertiary alicyclic amines) is 1. The summed E-state index contributed by atoms with van der Waals surface area (Å²) in [5, 5.41) is 0. The third-order valence-electron chi connectivity index (χ3n) is 4.14. The Morgan fingerprint density at radius 2 is 2.22 bits per heavy atom. The molecule has 0 N–H and O–H groups in total. The van der Waals surface area contributed by atoms with Crippen LogP contribution in [-0.4, -0.2) is 29.8 Å². The third kappa shape index (κ3) is 3.01. The fourth-order valence-electron chi connectivity index (χ4n) is 2.62. The van der Waals surface area contributed by atoms with Gasteiger partial charge in [0.15, 0.2) is 5.78 Å². The maximum atomic E-state index is 12.3. The molecule has 0 saturated carbocycles. The number of aryl methyl sites for hydroxylation is 1. The molecular formula is C15H23NOS. The molecule has 18 heavy (non-hydrogen) atoms. The van der Waals surface area contributed by atoms with E-state index in [2.05, 4.69) is 31.7 Å². The van der Waals surface area contributed by atoms with Gasteiger partial charge in [-0.15, -0.1) is 11.3 Å². The molecule has 100 valence electrons. The highest BCUT2D eigenvalue weighted by molar-refractivity contribution is 7.14. The van der Waals surface area contributed by atoms with Gasteiger partial charge in [0.2, 0.25) is 0 Å². The van der Waals surface area contributed by atoms with Crippen LogP contribution < -0.4 is 0 Å². The zero-order valence-electron chi connectivity index (χ0n) is 11.6. The lowest BCUT2D eigenvalue weighted by molar-refractivity contribution is 0.0783. The lowest BCUT2D eigenvalue weighted by Crippen LogP contribution is -2.44. The lowest BCUT2D eigenvalue weighted by Gasteiger charge is -2.37. The molecule has 2 unspecified atom stereocenters. The van der Waals surface area contributed by atoms with Crippen LogP contribution >= 0.6 is 11.3 Å². The number of nitrogens with zero attached hydrogens (tertiary/aromatic N) is 1. The van der Waals surface area contributed by atoms with Gasteiger partial charge >= 0.3 is 0 Å². The van der Waals surface area contributed by atoms with Crippen molar-refractivity contribution >= 4 is 17.1 Å². The van der Waals surface area contributed by atoms with Crippen molar-refractivity contribution in [1.82, 2.24) is 4.90 Å². The van der Waals surface area contributed by atoms with E-state index < -0.39 is 0 Å². The van der Waals surface area contributed by atoms with Crippen LogP contribution in [0.4, 0.5) is 0 Å². The van der Waals surface area contributed by atoms with Gasteiger partial charge in [0.05, 0.1) is 11.4 Å². The third-order valence-corrected chi connectivity index (χ3v) is 5.41. The topological polar surface area (TPSA) is 20.3 Å². The SMILES string of the molecule is CCc1ccc(C(=O)CN2CCCC(C)C2C)s1. The molecule has 0 aliphatic carbocycles. The second-order valence-corrected chi connectivity index (χ2v) is 6.54. The molecule has 1 aliphatic heterocycles. The first-order chi connectivity index (χ1) is 8.61. The molecule has 0 radical (unpaired) electrons. The van der Waals surface area contributed by atoms with Crippen molar-refractivity contribution in [1.29, 1.82) is 0 Å². The number of piperidine rings is 1. The highest BCUT2D eigenvalue weighted by Crippen LogP contribution is 2.24. The van der Waals surface area contributed by atoms with E-state index >= 15 is 0 Å². The van der Waals surface area contributed by atoms with E-state index in [9.17, 15) is 4.79 Å². The summed E-state index contributed by atoms with van der Waals surface area (Å²) in [6.45, 7) is 8.34. The Labute approximate surface area is 114 Å². The summed E-state index contributed by atoms with van der Waals surface area (Å²) >= 11 is 1.66. The fraction of sp³-hybridized carbons (Fsp3) is 0.667. The molecule has 1 aromatic rings. The molecule has 1 fully saturated rings. The lowest BCUT2D eigenvalue weighted by atomic mass is 9.92. The number of Topliss-reactive ketones (excluding diaryl/α,β-unsaturated/α-hetero) is 1. The molecule has 1 aromatic heterocycles. The zero-order valence-corrected chi connectivity index (χ0v) is 12.4. The minimum atomic E-state index is 0.292. The zero-order chi connectivity index (χ0) is 13.1. The van der Waals surface area contributed by atoms with Crippen LogP contribution in [0.5, 0.6) is 0 Å². The van der Waals surface area contributed by atoms with E-state index in [0.717, 1.165) is 17.8 Å². The molecule has 0 aromatic carbocycles. The second-order valence-electron chi connectivity index (χ2n) is 5.37. The van der Waals surface area contributed by atoms with Crippen molar-refractivity contribution in [2.75, 3.05) is 13.1 Å². The predicted octanol–water partition coefficient (Wildman–Crippen LogP) is 3.61. The standard InChI is InChI=1S/C15H23NOS/c1-4-13-7-8-15(18-13)14(17)10-16-9-5-6-11(2)12(16)3/h7-8,11-12H,4-6,9-10H2,1-3H3. The molecule has 1 aliphatic rings. The normalized spacial score (nSPS) is 25.3. The smallest absolute Gasteiger partial charge is 0.186 e. The van der Waals surface area contributed by atoms with Gasteiger partial charge in [-0.25, -0.2) is 0 Å². The average Bonchev–Trinajstić information content (AvgIpc) is 2.83.